The number of nitrogens with two attached hydrogens (primary N) is 2. The monoisotopic (exact) mass is 223 g/mol. The molecule has 0 amide bonds. The van der Waals surface area contributed by atoms with Gasteiger partial charge in [-0.05, 0) is 18.8 Å². The summed E-state index contributed by atoms with van der Waals surface area (Å²) < 4.78 is 0. The van der Waals surface area contributed by atoms with E-state index in [2.05, 4.69) is 14.9 Å². The molecule has 2 rings (SSSR count). The Labute approximate surface area is 94.3 Å². The van der Waals surface area contributed by atoms with Crippen LogP contribution in [-0.4, -0.2) is 34.8 Å². The van der Waals surface area contributed by atoms with Gasteiger partial charge in [0.15, 0.2) is 0 Å². The molecule has 6 heteroatoms. The molecule has 1 unspecified atom stereocenters. The molecule has 0 aromatic carbocycles. The summed E-state index contributed by atoms with van der Waals surface area (Å²) in [5.74, 6) is 1.64. The van der Waals surface area contributed by atoms with Crippen LogP contribution in [0.15, 0.2) is 6.07 Å². The predicted molar refractivity (Wildman–Crippen MR) is 62.9 cm³/mol. The number of hydrogen-bond acceptors (Lipinski definition) is 6. The standard InChI is InChI=1S/C10H17N5O/c11-8-4-9(14-10(12)13-8)15-3-1-2-7(5-15)6-16/h4,7,16H,1-3,5-6H2,(H4,11,12,13,14). The lowest BCUT2D eigenvalue weighted by Crippen LogP contribution is -2.37. The molecule has 0 radical (unpaired) electrons. The van der Waals surface area contributed by atoms with Crippen LogP contribution in [0.5, 0.6) is 0 Å². The fraction of sp³-hybridized carbons (Fsp3) is 0.600. The van der Waals surface area contributed by atoms with E-state index in [0.717, 1.165) is 31.7 Å². The van der Waals surface area contributed by atoms with Crippen molar-refractivity contribution in [3.63, 3.8) is 0 Å². The highest BCUT2D eigenvalue weighted by atomic mass is 16.3. The minimum absolute atomic E-state index is 0.195. The molecule has 1 fully saturated rings. The fourth-order valence-electron chi connectivity index (χ4n) is 2.06. The van der Waals surface area contributed by atoms with Crippen LogP contribution >= 0.6 is 0 Å². The summed E-state index contributed by atoms with van der Waals surface area (Å²) in [4.78, 5) is 10.1. The number of anilines is 3. The molecule has 0 aliphatic carbocycles. The molecule has 2 heterocycles. The molecule has 16 heavy (non-hydrogen) atoms. The van der Waals surface area contributed by atoms with Gasteiger partial charge in [-0.1, -0.05) is 0 Å². The van der Waals surface area contributed by atoms with Gasteiger partial charge in [-0.2, -0.15) is 9.97 Å². The minimum atomic E-state index is 0.195. The van der Waals surface area contributed by atoms with Crippen molar-refractivity contribution < 1.29 is 5.11 Å². The van der Waals surface area contributed by atoms with Crippen LogP contribution < -0.4 is 16.4 Å². The maximum Gasteiger partial charge on any atom is 0.223 e. The average Bonchev–Trinajstić information content (AvgIpc) is 2.28. The third-order valence-corrected chi connectivity index (χ3v) is 2.85. The summed E-state index contributed by atoms with van der Waals surface area (Å²) in [6, 6.07) is 1.72. The van der Waals surface area contributed by atoms with Crippen molar-refractivity contribution in [3.05, 3.63) is 6.07 Å². The van der Waals surface area contributed by atoms with Crippen molar-refractivity contribution in [2.45, 2.75) is 12.8 Å². The second kappa shape index (κ2) is 4.52. The van der Waals surface area contributed by atoms with Gasteiger partial charge in [-0.3, -0.25) is 0 Å². The zero-order chi connectivity index (χ0) is 11.5. The van der Waals surface area contributed by atoms with Crippen LogP contribution in [-0.2, 0) is 0 Å². The lowest BCUT2D eigenvalue weighted by Gasteiger charge is -2.32. The third-order valence-electron chi connectivity index (χ3n) is 2.85. The Morgan fingerprint density at radius 1 is 1.44 bits per heavy atom. The highest BCUT2D eigenvalue weighted by molar-refractivity contribution is 5.50. The predicted octanol–water partition coefficient (Wildman–Crippen LogP) is -0.150. The molecule has 0 bridgehead atoms. The third kappa shape index (κ3) is 2.33. The van der Waals surface area contributed by atoms with E-state index in [4.69, 9.17) is 16.6 Å². The molecule has 0 saturated carbocycles. The van der Waals surface area contributed by atoms with Crippen LogP contribution in [0.25, 0.3) is 0 Å². The lowest BCUT2D eigenvalue weighted by molar-refractivity contribution is 0.208. The van der Waals surface area contributed by atoms with Crippen molar-refractivity contribution in [3.8, 4) is 0 Å². The molecule has 1 aromatic rings. The fourth-order valence-corrected chi connectivity index (χ4v) is 2.06. The number of nitrogens with zero attached hydrogens (tertiary/aromatic N) is 3. The minimum Gasteiger partial charge on any atom is -0.396 e. The molecule has 6 nitrogen and oxygen atoms in total. The highest BCUT2D eigenvalue weighted by Crippen LogP contribution is 2.22. The largest absolute Gasteiger partial charge is 0.396 e. The Morgan fingerprint density at radius 3 is 2.94 bits per heavy atom. The van der Waals surface area contributed by atoms with Gasteiger partial charge in [-0.15, -0.1) is 0 Å². The first kappa shape index (κ1) is 10.9. The van der Waals surface area contributed by atoms with E-state index in [9.17, 15) is 0 Å². The zero-order valence-corrected chi connectivity index (χ0v) is 9.13. The van der Waals surface area contributed by atoms with E-state index in [0.29, 0.717) is 11.7 Å². The van der Waals surface area contributed by atoms with Gasteiger partial charge in [-0.25, -0.2) is 0 Å². The van der Waals surface area contributed by atoms with E-state index in [1.807, 2.05) is 0 Å². The Bertz CT molecular complexity index is 350. The first-order chi connectivity index (χ1) is 7.69. The van der Waals surface area contributed by atoms with Gasteiger partial charge in [0.1, 0.15) is 11.6 Å². The smallest absolute Gasteiger partial charge is 0.223 e. The van der Waals surface area contributed by atoms with Crippen molar-refractivity contribution in [2.24, 2.45) is 5.92 Å². The van der Waals surface area contributed by atoms with Gasteiger partial charge >= 0.3 is 0 Å². The van der Waals surface area contributed by atoms with Gasteiger partial charge in [0.05, 0.1) is 0 Å². The SMILES string of the molecule is Nc1cc(N2CCCC(CO)C2)nc(N)n1. The van der Waals surface area contributed by atoms with Gasteiger partial charge in [0.25, 0.3) is 0 Å². The highest BCUT2D eigenvalue weighted by Gasteiger charge is 2.20. The van der Waals surface area contributed by atoms with Crippen LogP contribution in [0, 0.1) is 5.92 Å². The lowest BCUT2D eigenvalue weighted by atomic mass is 9.99. The molecule has 1 saturated heterocycles. The molecule has 1 aliphatic rings. The molecule has 1 aromatic heterocycles. The van der Waals surface area contributed by atoms with Gasteiger partial charge in [0, 0.05) is 25.8 Å². The Kier molecular flexibility index (Phi) is 3.09. The van der Waals surface area contributed by atoms with Crippen LogP contribution in [0.1, 0.15) is 12.8 Å². The Morgan fingerprint density at radius 2 is 2.25 bits per heavy atom. The molecule has 0 spiro atoms. The van der Waals surface area contributed by atoms with E-state index in [-0.39, 0.29) is 12.6 Å². The number of piperidine rings is 1. The number of rotatable bonds is 2. The number of nitrogen functional groups attached to an aromatic ring is 2. The summed E-state index contributed by atoms with van der Waals surface area (Å²) >= 11 is 0. The topological polar surface area (TPSA) is 101 Å². The summed E-state index contributed by atoms with van der Waals surface area (Å²) in [7, 11) is 0. The quantitative estimate of drug-likeness (QED) is 0.644. The van der Waals surface area contributed by atoms with Gasteiger partial charge < -0.3 is 21.5 Å². The maximum atomic E-state index is 9.16. The van der Waals surface area contributed by atoms with E-state index in [1.54, 1.807) is 6.07 Å². The number of aliphatic hydroxyl groups is 1. The molecule has 88 valence electrons. The summed E-state index contributed by atoms with van der Waals surface area (Å²) in [5, 5.41) is 9.16. The normalized spacial score (nSPS) is 21.1. The van der Waals surface area contributed by atoms with Crippen molar-refractivity contribution >= 4 is 17.6 Å². The second-order valence-electron chi connectivity index (χ2n) is 4.15. The summed E-state index contributed by atoms with van der Waals surface area (Å²) in [6.07, 6.45) is 2.11. The van der Waals surface area contributed by atoms with Crippen molar-refractivity contribution in [1.29, 1.82) is 0 Å². The first-order valence-electron chi connectivity index (χ1n) is 5.45. The molecule has 1 atom stereocenters. The van der Waals surface area contributed by atoms with Crippen molar-refractivity contribution in [2.75, 3.05) is 36.1 Å². The van der Waals surface area contributed by atoms with E-state index < -0.39 is 0 Å². The molecular weight excluding hydrogens is 206 g/mol. The van der Waals surface area contributed by atoms with Crippen LogP contribution in [0.2, 0.25) is 0 Å². The van der Waals surface area contributed by atoms with Crippen LogP contribution in [0.4, 0.5) is 17.6 Å². The first-order valence-corrected chi connectivity index (χ1v) is 5.45. The summed E-state index contributed by atoms with van der Waals surface area (Å²) in [5.41, 5.74) is 11.2. The van der Waals surface area contributed by atoms with Crippen LogP contribution in [0.3, 0.4) is 0 Å². The zero-order valence-electron chi connectivity index (χ0n) is 9.13. The van der Waals surface area contributed by atoms with Crippen molar-refractivity contribution in [1.82, 2.24) is 9.97 Å². The number of aromatic nitrogens is 2. The Hall–Kier alpha value is -1.56. The molecule has 5 N–H and O–H groups in total. The average molecular weight is 223 g/mol. The number of hydrogen-bond donors (Lipinski definition) is 3. The van der Waals surface area contributed by atoms with Gasteiger partial charge in [0.2, 0.25) is 5.95 Å². The van der Waals surface area contributed by atoms with E-state index >= 15 is 0 Å². The summed E-state index contributed by atoms with van der Waals surface area (Å²) in [6.45, 7) is 1.94. The molecule has 1 aliphatic heterocycles. The molecular formula is C10H17N5O. The van der Waals surface area contributed by atoms with E-state index in [1.165, 1.54) is 0 Å². The second-order valence-corrected chi connectivity index (χ2v) is 4.15. The Balaban J connectivity index is 2.16. The maximum absolute atomic E-state index is 9.16. The number of aliphatic hydroxyl groups excluding tert-OH is 1.